The Morgan fingerprint density at radius 3 is 1.00 bits per heavy atom. The maximum atomic E-state index is 14.6. The lowest BCUT2D eigenvalue weighted by molar-refractivity contribution is 0.0877. The Morgan fingerprint density at radius 2 is 0.671 bits per heavy atom. The lowest BCUT2D eigenvalue weighted by atomic mass is 9.79. The number of anilines is 2. The number of hydrogen-bond donors (Lipinski definition) is 0. The molecule has 7 aromatic carbocycles. The van der Waals surface area contributed by atoms with E-state index in [-0.39, 0.29) is 22.3 Å². The normalized spacial score (nSPS) is 13.4. The van der Waals surface area contributed by atoms with E-state index in [0.29, 0.717) is 65.6 Å². The summed E-state index contributed by atoms with van der Waals surface area (Å²) in [6.07, 6.45) is 27.2. The zero-order valence-corrected chi connectivity index (χ0v) is 41.1. The van der Waals surface area contributed by atoms with E-state index < -0.39 is 23.6 Å². The molecule has 8 nitrogen and oxygen atoms in total. The zero-order valence-electron chi connectivity index (χ0n) is 41.1. The molecule has 0 fully saturated rings. The van der Waals surface area contributed by atoms with Gasteiger partial charge in [0.1, 0.15) is 0 Å². The number of nitriles is 2. The van der Waals surface area contributed by atoms with Crippen LogP contribution < -0.4 is 9.80 Å². The number of carbonyl (C=O) groups is 4. The molecule has 0 radical (unpaired) electrons. The summed E-state index contributed by atoms with van der Waals surface area (Å²) >= 11 is 0. The maximum Gasteiger partial charge on any atom is 0.266 e. The van der Waals surface area contributed by atoms with Crippen molar-refractivity contribution < 1.29 is 19.2 Å². The molecule has 0 aromatic heterocycles. The fraction of sp³-hybridized carbons (Fsp3) is 0.387. The van der Waals surface area contributed by atoms with Crippen molar-refractivity contribution in [3.8, 4) is 12.1 Å². The fourth-order valence-corrected chi connectivity index (χ4v) is 11.4. The number of hydrogen-bond acceptors (Lipinski definition) is 6. The summed E-state index contributed by atoms with van der Waals surface area (Å²) in [4.78, 5) is 60.6. The first-order chi connectivity index (χ1) is 34.3. The molecule has 0 saturated heterocycles. The van der Waals surface area contributed by atoms with Crippen LogP contribution in [0.25, 0.3) is 43.1 Å². The van der Waals surface area contributed by atoms with E-state index in [1.807, 2.05) is 48.5 Å². The van der Waals surface area contributed by atoms with Crippen molar-refractivity contribution in [2.75, 3.05) is 9.80 Å². The van der Waals surface area contributed by atoms with Crippen molar-refractivity contribution in [2.24, 2.45) is 0 Å². The highest BCUT2D eigenvalue weighted by Gasteiger charge is 2.39. The largest absolute Gasteiger partial charge is 0.268 e. The number of rotatable bonds is 24. The molecule has 7 aromatic rings. The Hall–Kier alpha value is -6.90. The Morgan fingerprint density at radius 1 is 0.357 bits per heavy atom. The number of aryl methyl sites for hydroxylation is 2. The van der Waals surface area contributed by atoms with Crippen LogP contribution in [-0.4, -0.2) is 23.6 Å². The van der Waals surface area contributed by atoms with E-state index in [4.69, 9.17) is 0 Å². The molecule has 2 aliphatic heterocycles. The first-order valence-corrected chi connectivity index (χ1v) is 26.3. The number of benzene rings is 7. The van der Waals surface area contributed by atoms with Crippen molar-refractivity contribution in [1.29, 1.82) is 10.5 Å². The molecule has 2 heterocycles. The molecule has 356 valence electrons. The third-order valence-electron chi connectivity index (χ3n) is 15.1. The standard InChI is InChI=1S/C62H64N4O4/c1-3-5-7-9-11-13-15-17-19-21-23-41-25-29-45(30-26-41)65-59(67)49-35-33-47-54-44(40-64)38-52-56-50(36-34-48(58(54)56)53-43(39-63)37-51(61(65)69)55(49)57(47)53)60(68)66(62(52)70)46-31-27-42(28-32-46)24-22-20-18-16-14-12-10-8-6-4-2/h25-38H,3-24H2,1-2H3. The molecule has 0 spiro atoms. The number of nitrogens with zero attached hydrogens (tertiary/aromatic N) is 4. The van der Waals surface area contributed by atoms with Crippen LogP contribution in [0.15, 0.2) is 84.9 Å². The molecule has 0 atom stereocenters. The number of imide groups is 2. The average Bonchev–Trinajstić information content (AvgIpc) is 3.38. The van der Waals surface area contributed by atoms with E-state index in [0.717, 1.165) is 36.8 Å². The molecule has 2 aliphatic rings. The molecule has 8 heteroatoms. The highest BCUT2D eigenvalue weighted by atomic mass is 16.2. The molecule has 0 bridgehead atoms. The van der Waals surface area contributed by atoms with Gasteiger partial charge in [-0.25, -0.2) is 9.80 Å². The van der Waals surface area contributed by atoms with Gasteiger partial charge in [-0.15, -0.1) is 0 Å². The molecule has 0 unspecified atom stereocenters. The average molecular weight is 929 g/mol. The smallest absolute Gasteiger partial charge is 0.266 e. The van der Waals surface area contributed by atoms with Gasteiger partial charge in [-0.1, -0.05) is 166 Å². The highest BCUT2D eigenvalue weighted by Crippen LogP contribution is 2.49. The minimum atomic E-state index is -0.528. The second-order valence-corrected chi connectivity index (χ2v) is 19.8. The predicted molar refractivity (Wildman–Crippen MR) is 283 cm³/mol. The summed E-state index contributed by atoms with van der Waals surface area (Å²) in [7, 11) is 0. The van der Waals surface area contributed by atoms with Crippen molar-refractivity contribution >= 4 is 78.1 Å². The Bertz CT molecular complexity index is 2970. The highest BCUT2D eigenvalue weighted by molar-refractivity contribution is 6.46. The van der Waals surface area contributed by atoms with Gasteiger partial charge in [0.05, 0.1) is 45.8 Å². The van der Waals surface area contributed by atoms with E-state index in [2.05, 4.69) is 26.0 Å². The second-order valence-electron chi connectivity index (χ2n) is 19.8. The lowest BCUT2D eigenvalue weighted by Crippen LogP contribution is -2.40. The Kier molecular flexibility index (Phi) is 15.0. The first-order valence-electron chi connectivity index (χ1n) is 26.3. The van der Waals surface area contributed by atoms with Crippen LogP contribution in [0.2, 0.25) is 0 Å². The van der Waals surface area contributed by atoms with E-state index >= 15 is 0 Å². The van der Waals surface area contributed by atoms with Gasteiger partial charge in [-0.3, -0.25) is 19.2 Å². The topological polar surface area (TPSA) is 122 Å². The van der Waals surface area contributed by atoms with Crippen molar-refractivity contribution in [1.82, 2.24) is 0 Å². The summed E-state index contributed by atoms with van der Waals surface area (Å²) in [5.74, 6) is -2.00. The van der Waals surface area contributed by atoms with Gasteiger partial charge in [0.2, 0.25) is 0 Å². The molecule has 0 N–H and O–H groups in total. The Labute approximate surface area is 412 Å². The Balaban J connectivity index is 0.971. The minimum Gasteiger partial charge on any atom is -0.268 e. The zero-order chi connectivity index (χ0) is 48.7. The monoisotopic (exact) mass is 928 g/mol. The van der Waals surface area contributed by atoms with Crippen molar-refractivity contribution in [3.05, 3.63) is 129 Å². The molecule has 4 amide bonds. The summed E-state index contributed by atoms with van der Waals surface area (Å²) in [5, 5.41) is 25.6. The second kappa shape index (κ2) is 21.8. The van der Waals surface area contributed by atoms with Crippen LogP contribution in [0, 0.1) is 22.7 Å². The molecular formula is C62H64N4O4. The number of unbranched alkanes of at least 4 members (excludes halogenated alkanes) is 18. The van der Waals surface area contributed by atoms with Crippen molar-refractivity contribution in [3.63, 3.8) is 0 Å². The van der Waals surface area contributed by atoms with Crippen LogP contribution in [0.4, 0.5) is 11.4 Å². The summed E-state index contributed by atoms with van der Waals surface area (Å²) in [6.45, 7) is 4.49. The van der Waals surface area contributed by atoms with Crippen LogP contribution in [0.1, 0.15) is 206 Å². The molecule has 0 aliphatic carbocycles. The van der Waals surface area contributed by atoms with Gasteiger partial charge < -0.3 is 0 Å². The van der Waals surface area contributed by atoms with Crippen LogP contribution in [-0.2, 0) is 12.8 Å². The van der Waals surface area contributed by atoms with Gasteiger partial charge in [0.25, 0.3) is 23.6 Å². The van der Waals surface area contributed by atoms with E-state index in [1.54, 1.807) is 36.4 Å². The lowest BCUT2D eigenvalue weighted by Gasteiger charge is -2.30. The van der Waals surface area contributed by atoms with Crippen LogP contribution >= 0.6 is 0 Å². The van der Waals surface area contributed by atoms with Gasteiger partial charge in [0.15, 0.2) is 0 Å². The molecule has 0 saturated carbocycles. The number of fused-ring (bicyclic) bond motifs is 2. The minimum absolute atomic E-state index is 0.216. The van der Waals surface area contributed by atoms with Crippen LogP contribution in [0.5, 0.6) is 0 Å². The molecular weight excluding hydrogens is 865 g/mol. The number of carbonyl (C=O) groups excluding carboxylic acids is 4. The van der Waals surface area contributed by atoms with Crippen molar-refractivity contribution in [2.45, 2.75) is 155 Å². The van der Waals surface area contributed by atoms with Gasteiger partial charge in [-0.2, -0.15) is 10.5 Å². The van der Waals surface area contributed by atoms with E-state index in [1.165, 1.54) is 125 Å². The quantitative estimate of drug-likeness (QED) is 0.0257. The van der Waals surface area contributed by atoms with Gasteiger partial charge in [-0.05, 0) is 96.1 Å². The van der Waals surface area contributed by atoms with Crippen LogP contribution in [0.3, 0.4) is 0 Å². The first kappa shape index (κ1) is 48.1. The molecule has 9 rings (SSSR count). The third kappa shape index (κ3) is 9.17. The SMILES string of the molecule is CCCCCCCCCCCCc1ccc(N2C(=O)c3ccc4c5c(C#N)cc6c7c(ccc(c8c(C#N)cc(c3c48)C2=O)c75)C(=O)N(c2ccc(CCCCCCCCCCCC)cc2)C6=O)cc1. The fourth-order valence-electron chi connectivity index (χ4n) is 11.4. The van der Waals surface area contributed by atoms with Gasteiger partial charge in [0, 0.05) is 43.4 Å². The van der Waals surface area contributed by atoms with E-state index in [9.17, 15) is 29.7 Å². The molecule has 70 heavy (non-hydrogen) atoms. The number of amides is 4. The summed E-state index contributed by atoms with van der Waals surface area (Å²) in [6, 6.07) is 30.0. The summed E-state index contributed by atoms with van der Waals surface area (Å²) in [5.41, 5.74) is 4.73. The third-order valence-corrected chi connectivity index (χ3v) is 15.1. The predicted octanol–water partition coefficient (Wildman–Crippen LogP) is 16.0. The van der Waals surface area contributed by atoms with Gasteiger partial charge >= 0.3 is 0 Å². The maximum absolute atomic E-state index is 14.6. The summed E-state index contributed by atoms with van der Waals surface area (Å²) < 4.78 is 0.